The lowest BCUT2D eigenvalue weighted by Gasteiger charge is -2.38. The standard InChI is InChI=1S/C16H20N6O2S/c23-15-4-1-5-20(15)8-12-9-22(19-18-12)13-10-21(11-13)16(24)17-7-14-3-2-6-25-14/h2-3,6,9,13H,1,4-5,7-8,10-11H2,(H,17,24). The second kappa shape index (κ2) is 6.83. The number of nitrogens with zero attached hydrogens (tertiary/aromatic N) is 5. The molecule has 2 aliphatic heterocycles. The summed E-state index contributed by atoms with van der Waals surface area (Å²) in [5.41, 5.74) is 0.802. The Balaban J connectivity index is 1.24. The Morgan fingerprint density at radius 3 is 3.00 bits per heavy atom. The highest BCUT2D eigenvalue weighted by Crippen LogP contribution is 2.21. The second-order valence-electron chi connectivity index (χ2n) is 6.41. The molecule has 2 saturated heterocycles. The van der Waals surface area contributed by atoms with E-state index in [2.05, 4.69) is 15.6 Å². The molecule has 0 aliphatic carbocycles. The molecule has 1 N–H and O–H groups in total. The lowest BCUT2D eigenvalue weighted by atomic mass is 10.1. The number of carbonyl (C=O) groups excluding carboxylic acids is 2. The van der Waals surface area contributed by atoms with E-state index in [1.165, 1.54) is 0 Å². The van der Waals surface area contributed by atoms with Gasteiger partial charge in [-0.2, -0.15) is 0 Å². The number of amides is 3. The van der Waals surface area contributed by atoms with E-state index >= 15 is 0 Å². The van der Waals surface area contributed by atoms with Crippen LogP contribution in [0.4, 0.5) is 4.79 Å². The average Bonchev–Trinajstić information content (AvgIpc) is 3.28. The van der Waals surface area contributed by atoms with E-state index in [1.807, 2.05) is 28.6 Å². The monoisotopic (exact) mass is 360 g/mol. The molecule has 8 nitrogen and oxygen atoms in total. The van der Waals surface area contributed by atoms with Crippen molar-refractivity contribution in [2.75, 3.05) is 19.6 Å². The molecule has 3 amide bonds. The molecule has 4 heterocycles. The van der Waals surface area contributed by atoms with Crippen molar-refractivity contribution in [3.63, 3.8) is 0 Å². The zero-order chi connectivity index (χ0) is 17.2. The fourth-order valence-electron chi connectivity index (χ4n) is 3.11. The summed E-state index contributed by atoms with van der Waals surface area (Å²) in [7, 11) is 0. The maximum Gasteiger partial charge on any atom is 0.317 e. The summed E-state index contributed by atoms with van der Waals surface area (Å²) in [5, 5.41) is 13.2. The summed E-state index contributed by atoms with van der Waals surface area (Å²) in [6.07, 6.45) is 3.44. The summed E-state index contributed by atoms with van der Waals surface area (Å²) >= 11 is 1.63. The molecular formula is C16H20N6O2S. The van der Waals surface area contributed by atoms with E-state index in [-0.39, 0.29) is 18.0 Å². The summed E-state index contributed by atoms with van der Waals surface area (Å²) in [6.45, 7) is 3.14. The number of urea groups is 1. The number of likely N-dealkylation sites (tertiary alicyclic amines) is 2. The molecular weight excluding hydrogens is 340 g/mol. The molecule has 0 unspecified atom stereocenters. The molecule has 0 aromatic carbocycles. The van der Waals surface area contributed by atoms with Crippen molar-refractivity contribution >= 4 is 23.3 Å². The van der Waals surface area contributed by atoms with Crippen molar-refractivity contribution in [3.8, 4) is 0 Å². The quantitative estimate of drug-likeness (QED) is 0.869. The Morgan fingerprint density at radius 2 is 2.28 bits per heavy atom. The van der Waals surface area contributed by atoms with Crippen LogP contribution < -0.4 is 5.32 Å². The fourth-order valence-corrected chi connectivity index (χ4v) is 3.75. The van der Waals surface area contributed by atoms with Gasteiger partial charge in [-0.15, -0.1) is 16.4 Å². The molecule has 0 spiro atoms. The average molecular weight is 360 g/mol. The summed E-state index contributed by atoms with van der Waals surface area (Å²) < 4.78 is 1.80. The third-order valence-electron chi connectivity index (χ3n) is 4.60. The van der Waals surface area contributed by atoms with Crippen LogP contribution in [0.3, 0.4) is 0 Å². The molecule has 2 aromatic rings. The van der Waals surface area contributed by atoms with Gasteiger partial charge in [0.1, 0.15) is 5.69 Å². The lowest BCUT2D eigenvalue weighted by Crippen LogP contribution is -2.54. The predicted octanol–water partition coefficient (Wildman–Crippen LogP) is 1.23. The molecule has 2 aromatic heterocycles. The van der Waals surface area contributed by atoms with Crippen molar-refractivity contribution in [2.24, 2.45) is 0 Å². The van der Waals surface area contributed by atoms with Crippen LogP contribution in [0.15, 0.2) is 23.7 Å². The van der Waals surface area contributed by atoms with E-state index in [9.17, 15) is 9.59 Å². The number of carbonyl (C=O) groups is 2. The molecule has 2 aliphatic rings. The fraction of sp³-hybridized carbons (Fsp3) is 0.500. The van der Waals surface area contributed by atoms with E-state index in [0.29, 0.717) is 32.6 Å². The van der Waals surface area contributed by atoms with Crippen molar-refractivity contribution in [3.05, 3.63) is 34.3 Å². The summed E-state index contributed by atoms with van der Waals surface area (Å²) in [5.74, 6) is 0.187. The second-order valence-corrected chi connectivity index (χ2v) is 7.44. The number of aromatic nitrogens is 3. The minimum Gasteiger partial charge on any atom is -0.337 e. The third-order valence-corrected chi connectivity index (χ3v) is 5.48. The summed E-state index contributed by atoms with van der Waals surface area (Å²) in [4.78, 5) is 28.5. The van der Waals surface area contributed by atoms with Gasteiger partial charge in [-0.05, 0) is 17.9 Å². The molecule has 132 valence electrons. The van der Waals surface area contributed by atoms with Crippen molar-refractivity contribution in [1.29, 1.82) is 0 Å². The van der Waals surface area contributed by atoms with E-state index in [4.69, 9.17) is 0 Å². The normalized spacial score (nSPS) is 17.8. The number of rotatable bonds is 5. The first-order chi connectivity index (χ1) is 12.2. The largest absolute Gasteiger partial charge is 0.337 e. The Kier molecular flexibility index (Phi) is 4.39. The zero-order valence-electron chi connectivity index (χ0n) is 13.8. The maximum absolute atomic E-state index is 12.1. The van der Waals surface area contributed by atoms with Crippen LogP contribution in [0, 0.1) is 0 Å². The van der Waals surface area contributed by atoms with Crippen LogP contribution in [0.25, 0.3) is 0 Å². The SMILES string of the molecule is O=C1CCCN1Cc1cn(C2CN(C(=O)NCc3cccs3)C2)nn1. The Bertz CT molecular complexity index is 753. The Labute approximate surface area is 149 Å². The highest BCUT2D eigenvalue weighted by atomic mass is 32.1. The van der Waals surface area contributed by atoms with Crippen LogP contribution in [-0.2, 0) is 17.9 Å². The first-order valence-corrected chi connectivity index (χ1v) is 9.30. The van der Waals surface area contributed by atoms with E-state index in [1.54, 1.807) is 20.9 Å². The van der Waals surface area contributed by atoms with Gasteiger partial charge in [0.15, 0.2) is 0 Å². The van der Waals surface area contributed by atoms with Gasteiger partial charge in [-0.25, -0.2) is 9.48 Å². The first-order valence-electron chi connectivity index (χ1n) is 8.42. The third kappa shape index (κ3) is 3.51. The molecule has 0 bridgehead atoms. The van der Waals surface area contributed by atoms with Crippen molar-refractivity contribution < 1.29 is 9.59 Å². The highest BCUT2D eigenvalue weighted by Gasteiger charge is 2.33. The van der Waals surface area contributed by atoms with Crippen LogP contribution in [0.5, 0.6) is 0 Å². The van der Waals surface area contributed by atoms with Crippen molar-refractivity contribution in [2.45, 2.75) is 32.0 Å². The van der Waals surface area contributed by atoms with Gasteiger partial charge >= 0.3 is 6.03 Å². The Morgan fingerprint density at radius 1 is 1.40 bits per heavy atom. The van der Waals surface area contributed by atoms with Gasteiger partial charge < -0.3 is 15.1 Å². The maximum atomic E-state index is 12.1. The summed E-state index contributed by atoms with van der Waals surface area (Å²) in [6, 6.07) is 4.09. The highest BCUT2D eigenvalue weighted by molar-refractivity contribution is 7.09. The van der Waals surface area contributed by atoms with Crippen LogP contribution in [0.1, 0.15) is 29.5 Å². The molecule has 25 heavy (non-hydrogen) atoms. The first kappa shape index (κ1) is 16.1. The molecule has 2 fully saturated rings. The molecule has 4 rings (SSSR count). The van der Waals surface area contributed by atoms with Crippen LogP contribution in [0.2, 0.25) is 0 Å². The molecule has 0 saturated carbocycles. The number of hydrogen-bond acceptors (Lipinski definition) is 5. The number of hydrogen-bond donors (Lipinski definition) is 1. The minimum absolute atomic E-state index is 0.0485. The van der Waals surface area contributed by atoms with E-state index < -0.39 is 0 Å². The van der Waals surface area contributed by atoms with Crippen molar-refractivity contribution in [1.82, 2.24) is 30.1 Å². The smallest absolute Gasteiger partial charge is 0.317 e. The van der Waals surface area contributed by atoms with Crippen LogP contribution >= 0.6 is 11.3 Å². The lowest BCUT2D eigenvalue weighted by molar-refractivity contribution is -0.128. The number of thiophene rings is 1. The van der Waals surface area contributed by atoms with Gasteiger partial charge in [-0.1, -0.05) is 11.3 Å². The molecule has 0 radical (unpaired) electrons. The van der Waals surface area contributed by atoms with Gasteiger partial charge in [0.25, 0.3) is 0 Å². The van der Waals surface area contributed by atoms with E-state index in [0.717, 1.165) is 23.5 Å². The predicted molar refractivity (Wildman–Crippen MR) is 91.8 cm³/mol. The topological polar surface area (TPSA) is 83.4 Å². The zero-order valence-corrected chi connectivity index (χ0v) is 14.6. The Hall–Kier alpha value is -2.42. The van der Waals surface area contributed by atoms with Gasteiger partial charge in [0, 0.05) is 30.9 Å². The van der Waals surface area contributed by atoms with Gasteiger partial charge in [0.05, 0.1) is 25.3 Å². The minimum atomic E-state index is -0.0485. The van der Waals surface area contributed by atoms with Gasteiger partial charge in [-0.3, -0.25) is 4.79 Å². The van der Waals surface area contributed by atoms with Crippen LogP contribution in [-0.4, -0.2) is 56.4 Å². The number of nitrogens with one attached hydrogen (secondary N) is 1. The molecule has 9 heteroatoms. The van der Waals surface area contributed by atoms with Gasteiger partial charge in [0.2, 0.25) is 5.91 Å². The molecule has 0 atom stereocenters.